The lowest BCUT2D eigenvalue weighted by Gasteiger charge is -2.10. The van der Waals surface area contributed by atoms with Gasteiger partial charge in [0.05, 0.1) is 11.3 Å². The first-order valence-corrected chi connectivity index (χ1v) is 10.9. The predicted octanol–water partition coefficient (Wildman–Crippen LogP) is 4.96. The van der Waals surface area contributed by atoms with Gasteiger partial charge in [0.1, 0.15) is 0 Å². The van der Waals surface area contributed by atoms with E-state index in [-0.39, 0.29) is 5.91 Å². The van der Waals surface area contributed by atoms with Crippen LogP contribution in [0.25, 0.3) is 29.1 Å². The Balaban J connectivity index is 0.000000384. The van der Waals surface area contributed by atoms with Crippen LogP contribution in [0.1, 0.15) is 27.3 Å². The highest BCUT2D eigenvalue weighted by atomic mass is 19.4. The minimum absolute atomic E-state index is 0.00880. The second-order valence-corrected chi connectivity index (χ2v) is 7.87. The van der Waals surface area contributed by atoms with Gasteiger partial charge in [0.2, 0.25) is 0 Å². The molecule has 0 atom stereocenters. The number of benzene rings is 1. The summed E-state index contributed by atoms with van der Waals surface area (Å²) in [6, 6.07) is 18.3. The van der Waals surface area contributed by atoms with Gasteiger partial charge >= 0.3 is 12.1 Å². The highest BCUT2D eigenvalue weighted by Gasteiger charge is 2.38. The highest BCUT2D eigenvalue weighted by molar-refractivity contribution is 5.97. The van der Waals surface area contributed by atoms with E-state index in [4.69, 9.17) is 9.90 Å². The lowest BCUT2D eigenvalue weighted by Crippen LogP contribution is -2.31. The number of alkyl halides is 3. The zero-order chi connectivity index (χ0) is 25.7. The molecule has 0 fully saturated rings. The van der Waals surface area contributed by atoms with Crippen LogP contribution in [0.15, 0.2) is 73.2 Å². The molecule has 0 unspecified atom stereocenters. The van der Waals surface area contributed by atoms with Gasteiger partial charge < -0.3 is 20.0 Å². The van der Waals surface area contributed by atoms with Crippen molar-refractivity contribution in [2.45, 2.75) is 12.6 Å². The van der Waals surface area contributed by atoms with Crippen LogP contribution < -0.4 is 5.32 Å². The molecule has 10 heteroatoms. The lowest BCUT2D eigenvalue weighted by atomic mass is 10.1. The number of fused-ring (bicyclic) bond motifs is 1. The number of aromatic amines is 1. The minimum Gasteiger partial charge on any atom is -0.475 e. The molecule has 3 aromatic heterocycles. The predicted molar refractivity (Wildman–Crippen MR) is 128 cm³/mol. The molecule has 1 aromatic carbocycles. The van der Waals surface area contributed by atoms with Gasteiger partial charge in [0, 0.05) is 54.2 Å². The quantitative estimate of drug-likeness (QED) is 0.374. The summed E-state index contributed by atoms with van der Waals surface area (Å²) in [4.78, 5) is 28.8. The number of hydrogen-bond acceptors (Lipinski definition) is 3. The van der Waals surface area contributed by atoms with E-state index in [2.05, 4.69) is 44.1 Å². The van der Waals surface area contributed by atoms with Crippen molar-refractivity contribution in [3.8, 4) is 16.9 Å². The van der Waals surface area contributed by atoms with Gasteiger partial charge in [0.15, 0.2) is 0 Å². The largest absolute Gasteiger partial charge is 0.490 e. The molecule has 1 aliphatic heterocycles. The number of aliphatic carboxylic acids is 1. The van der Waals surface area contributed by atoms with Gasteiger partial charge in [-0.05, 0) is 54.1 Å². The molecule has 1 aliphatic rings. The number of carboxylic acid groups (broad SMARTS) is 1. The first kappa shape index (κ1) is 24.5. The molecule has 1 amide bonds. The minimum atomic E-state index is -5.08. The van der Waals surface area contributed by atoms with E-state index in [0.29, 0.717) is 6.54 Å². The van der Waals surface area contributed by atoms with Gasteiger partial charge in [-0.2, -0.15) is 13.2 Å². The van der Waals surface area contributed by atoms with Crippen molar-refractivity contribution >= 4 is 24.0 Å². The monoisotopic (exact) mass is 494 g/mol. The van der Waals surface area contributed by atoms with Crippen molar-refractivity contribution in [1.29, 1.82) is 0 Å². The molecule has 7 nitrogen and oxygen atoms in total. The number of nitrogens with zero attached hydrogens (tertiary/aromatic N) is 2. The summed E-state index contributed by atoms with van der Waals surface area (Å²) >= 11 is 0. The fraction of sp³-hybridized carbons (Fsp3) is 0.115. The number of amides is 1. The first-order valence-electron chi connectivity index (χ1n) is 10.9. The zero-order valence-electron chi connectivity index (χ0n) is 18.8. The fourth-order valence-corrected chi connectivity index (χ4v) is 3.63. The molecule has 0 aliphatic carbocycles. The molecule has 3 N–H and O–H groups in total. The Hall–Kier alpha value is -4.60. The third-order valence-corrected chi connectivity index (χ3v) is 5.36. The Bertz CT molecular complexity index is 1410. The summed E-state index contributed by atoms with van der Waals surface area (Å²) in [5, 5.41) is 10.0. The average molecular weight is 494 g/mol. The third-order valence-electron chi connectivity index (χ3n) is 5.36. The molecular formula is C26H21F3N4O3. The number of nitrogens with one attached hydrogen (secondary N) is 2. The molecule has 4 heterocycles. The van der Waals surface area contributed by atoms with E-state index < -0.39 is 12.1 Å². The van der Waals surface area contributed by atoms with Crippen LogP contribution in [-0.4, -0.2) is 44.2 Å². The van der Waals surface area contributed by atoms with Crippen molar-refractivity contribution in [2.24, 2.45) is 0 Å². The van der Waals surface area contributed by atoms with Crippen molar-refractivity contribution in [1.82, 2.24) is 19.9 Å². The second kappa shape index (κ2) is 10.3. The maximum absolute atomic E-state index is 12.0. The maximum atomic E-state index is 12.0. The number of aromatic nitrogens is 3. The van der Waals surface area contributed by atoms with Crippen LogP contribution in [0.2, 0.25) is 0 Å². The Labute approximate surface area is 203 Å². The van der Waals surface area contributed by atoms with E-state index in [1.807, 2.05) is 54.9 Å². The van der Waals surface area contributed by atoms with Crippen LogP contribution in [0, 0.1) is 0 Å². The highest BCUT2D eigenvalue weighted by Crippen LogP contribution is 2.25. The SMILES string of the molecule is O=C(O)C(F)(F)F.O=C1NCCc2[nH]c(-c3ccnc(C=Cc4cccc(-n5cccc5)c4)c3)cc21. The fourth-order valence-electron chi connectivity index (χ4n) is 3.63. The van der Waals surface area contributed by atoms with E-state index in [1.165, 1.54) is 0 Å². The smallest absolute Gasteiger partial charge is 0.475 e. The summed E-state index contributed by atoms with van der Waals surface area (Å²) in [6.45, 7) is 0.679. The maximum Gasteiger partial charge on any atom is 0.490 e. The molecule has 0 saturated heterocycles. The van der Waals surface area contributed by atoms with Gasteiger partial charge in [-0.1, -0.05) is 18.2 Å². The third kappa shape index (κ3) is 5.90. The van der Waals surface area contributed by atoms with Crippen LogP contribution in [0.3, 0.4) is 0 Å². The molecule has 36 heavy (non-hydrogen) atoms. The summed E-state index contributed by atoms with van der Waals surface area (Å²) in [7, 11) is 0. The molecule has 0 bridgehead atoms. The normalized spacial score (nSPS) is 13.0. The number of carboxylic acids is 1. The summed E-state index contributed by atoms with van der Waals surface area (Å²) < 4.78 is 33.8. The topological polar surface area (TPSA) is 100 Å². The summed E-state index contributed by atoms with van der Waals surface area (Å²) in [5.74, 6) is -2.77. The molecule has 5 rings (SSSR count). The van der Waals surface area contributed by atoms with E-state index >= 15 is 0 Å². The van der Waals surface area contributed by atoms with Gasteiger partial charge in [0.25, 0.3) is 5.91 Å². The Kier molecular flexibility index (Phi) is 7.05. The molecule has 184 valence electrons. The average Bonchev–Trinajstić information content (AvgIpc) is 3.54. The summed E-state index contributed by atoms with van der Waals surface area (Å²) in [5.41, 5.74) is 6.79. The molecule has 0 spiro atoms. The van der Waals surface area contributed by atoms with E-state index in [9.17, 15) is 18.0 Å². The molecule has 4 aromatic rings. The number of carbonyl (C=O) groups excluding carboxylic acids is 1. The number of carbonyl (C=O) groups is 2. The second-order valence-electron chi connectivity index (χ2n) is 7.87. The molecular weight excluding hydrogens is 473 g/mol. The van der Waals surface area contributed by atoms with Crippen molar-refractivity contribution < 1.29 is 27.9 Å². The van der Waals surface area contributed by atoms with Crippen LogP contribution >= 0.6 is 0 Å². The van der Waals surface area contributed by atoms with Gasteiger partial charge in [-0.3, -0.25) is 9.78 Å². The van der Waals surface area contributed by atoms with Crippen molar-refractivity contribution in [3.63, 3.8) is 0 Å². The Morgan fingerprint density at radius 1 is 1.06 bits per heavy atom. The van der Waals surface area contributed by atoms with Gasteiger partial charge in [-0.15, -0.1) is 0 Å². The number of pyridine rings is 1. The lowest BCUT2D eigenvalue weighted by molar-refractivity contribution is -0.192. The van der Waals surface area contributed by atoms with Gasteiger partial charge in [-0.25, -0.2) is 4.79 Å². The van der Waals surface area contributed by atoms with E-state index in [0.717, 1.165) is 45.9 Å². The Morgan fingerprint density at radius 2 is 1.81 bits per heavy atom. The standard InChI is InChI=1S/C24H20N4O.C2HF3O2/c29-24-21-16-23(27-22(21)9-11-26-24)18-8-10-25-19(15-18)7-6-17-4-3-5-20(14-17)28-12-1-2-13-28;3-2(4,5)1(6)7/h1-8,10,12-16,27H,9,11H2,(H,26,29);(H,6,7). The molecule has 0 radical (unpaired) electrons. The molecule has 0 saturated carbocycles. The number of halogens is 3. The van der Waals surface area contributed by atoms with Crippen LogP contribution in [-0.2, 0) is 11.2 Å². The number of hydrogen-bond donors (Lipinski definition) is 3. The Morgan fingerprint density at radius 3 is 2.50 bits per heavy atom. The summed E-state index contributed by atoms with van der Waals surface area (Å²) in [6.07, 6.45) is 5.68. The van der Waals surface area contributed by atoms with Crippen LogP contribution in [0.5, 0.6) is 0 Å². The van der Waals surface area contributed by atoms with Crippen molar-refractivity contribution in [3.05, 3.63) is 95.7 Å². The first-order chi connectivity index (χ1) is 17.2. The van der Waals surface area contributed by atoms with Crippen LogP contribution in [0.4, 0.5) is 13.2 Å². The number of H-pyrrole nitrogens is 1. The van der Waals surface area contributed by atoms with E-state index in [1.54, 1.807) is 6.20 Å². The number of rotatable bonds is 4. The van der Waals surface area contributed by atoms with Crippen molar-refractivity contribution in [2.75, 3.05) is 6.54 Å². The zero-order valence-corrected chi connectivity index (χ0v) is 18.8.